The smallest absolute Gasteiger partial charge is 0.119 e. The van der Waals surface area contributed by atoms with Gasteiger partial charge in [-0.2, -0.15) is 0 Å². The first-order valence-electron chi connectivity index (χ1n) is 7.84. The normalized spacial score (nSPS) is 10.4. The first kappa shape index (κ1) is 17.8. The van der Waals surface area contributed by atoms with Crippen LogP contribution < -0.4 is 15.4 Å². The first-order valence-corrected chi connectivity index (χ1v) is 8.59. The predicted octanol–water partition coefficient (Wildman–Crippen LogP) is 5.70. The second-order valence-corrected chi connectivity index (χ2v) is 6.11. The molecule has 0 saturated heterocycles. The van der Waals surface area contributed by atoms with Crippen molar-refractivity contribution in [2.45, 2.75) is 19.8 Å². The number of rotatable bonds is 9. The third kappa shape index (κ3) is 6.59. The molecule has 0 amide bonds. The quantitative estimate of drug-likeness (QED) is 0.568. The third-order valence-electron chi connectivity index (χ3n) is 3.27. The van der Waals surface area contributed by atoms with Gasteiger partial charge in [0, 0.05) is 34.5 Å². The largest absolute Gasteiger partial charge is 0.494 e. The number of hydrogen-bond acceptors (Lipinski definition) is 3. The second kappa shape index (κ2) is 9.53. The average molecular weight is 353 g/mol. The Morgan fingerprint density at radius 2 is 1.48 bits per heavy atom. The van der Waals surface area contributed by atoms with Gasteiger partial charge in [0.2, 0.25) is 0 Å². The van der Waals surface area contributed by atoms with Crippen molar-refractivity contribution in [3.63, 3.8) is 0 Å². The van der Waals surface area contributed by atoms with E-state index in [0.29, 0.717) is 10.0 Å². The topological polar surface area (TPSA) is 33.3 Å². The summed E-state index contributed by atoms with van der Waals surface area (Å²) >= 11 is 11.9. The van der Waals surface area contributed by atoms with E-state index in [1.54, 1.807) is 6.07 Å². The molecule has 0 bridgehead atoms. The van der Waals surface area contributed by atoms with Gasteiger partial charge in [0.25, 0.3) is 0 Å². The molecule has 5 heteroatoms. The highest BCUT2D eigenvalue weighted by atomic mass is 35.5. The maximum atomic E-state index is 5.97. The number of benzene rings is 2. The van der Waals surface area contributed by atoms with E-state index in [0.717, 1.165) is 49.7 Å². The van der Waals surface area contributed by atoms with Gasteiger partial charge in [-0.25, -0.2) is 0 Å². The van der Waals surface area contributed by atoms with Crippen molar-refractivity contribution in [3.05, 3.63) is 52.5 Å². The van der Waals surface area contributed by atoms with E-state index in [-0.39, 0.29) is 0 Å². The Morgan fingerprint density at radius 1 is 0.870 bits per heavy atom. The molecule has 2 rings (SSSR count). The fourth-order valence-electron chi connectivity index (χ4n) is 2.07. The Bertz CT molecular complexity index is 582. The van der Waals surface area contributed by atoms with Crippen LogP contribution in [0, 0.1) is 0 Å². The summed E-state index contributed by atoms with van der Waals surface area (Å²) in [4.78, 5) is 0. The van der Waals surface area contributed by atoms with Crippen LogP contribution in [0.1, 0.15) is 19.8 Å². The summed E-state index contributed by atoms with van der Waals surface area (Å²) in [6, 6.07) is 13.5. The number of halogens is 2. The monoisotopic (exact) mass is 352 g/mol. The van der Waals surface area contributed by atoms with E-state index in [4.69, 9.17) is 27.9 Å². The van der Waals surface area contributed by atoms with E-state index >= 15 is 0 Å². The van der Waals surface area contributed by atoms with Gasteiger partial charge in [0.05, 0.1) is 6.61 Å². The van der Waals surface area contributed by atoms with Crippen LogP contribution in [0.25, 0.3) is 0 Å². The maximum absolute atomic E-state index is 5.97. The van der Waals surface area contributed by atoms with Gasteiger partial charge in [0.1, 0.15) is 5.75 Å². The van der Waals surface area contributed by atoms with Crippen LogP contribution in [0.5, 0.6) is 5.75 Å². The van der Waals surface area contributed by atoms with Crippen LogP contribution >= 0.6 is 23.2 Å². The first-order chi connectivity index (χ1) is 11.2. The van der Waals surface area contributed by atoms with Crippen LogP contribution in [0.2, 0.25) is 10.0 Å². The Labute approximate surface area is 147 Å². The minimum absolute atomic E-state index is 0.631. The van der Waals surface area contributed by atoms with Crippen molar-refractivity contribution >= 4 is 34.6 Å². The maximum Gasteiger partial charge on any atom is 0.119 e. The number of hydrogen-bond donors (Lipinski definition) is 2. The van der Waals surface area contributed by atoms with Crippen LogP contribution in [0.4, 0.5) is 11.4 Å². The molecular weight excluding hydrogens is 331 g/mol. The molecule has 2 aromatic rings. The fraction of sp³-hybridized carbons (Fsp3) is 0.333. The Morgan fingerprint density at radius 3 is 2.09 bits per heavy atom. The van der Waals surface area contributed by atoms with Crippen LogP contribution in [0.3, 0.4) is 0 Å². The highest BCUT2D eigenvalue weighted by molar-refractivity contribution is 6.35. The minimum atomic E-state index is 0.631. The minimum Gasteiger partial charge on any atom is -0.494 e. The molecule has 0 aromatic heterocycles. The summed E-state index contributed by atoms with van der Waals surface area (Å²) in [6.07, 6.45) is 2.23. The van der Waals surface area contributed by atoms with Gasteiger partial charge >= 0.3 is 0 Å². The van der Waals surface area contributed by atoms with E-state index in [9.17, 15) is 0 Å². The molecule has 0 saturated carbocycles. The lowest BCUT2D eigenvalue weighted by Crippen LogP contribution is -2.13. The van der Waals surface area contributed by atoms with Crippen molar-refractivity contribution in [1.29, 1.82) is 0 Å². The average Bonchev–Trinajstić information content (AvgIpc) is 2.52. The van der Waals surface area contributed by atoms with Crippen molar-refractivity contribution in [1.82, 2.24) is 0 Å². The molecule has 3 nitrogen and oxygen atoms in total. The lowest BCUT2D eigenvalue weighted by molar-refractivity contribution is 0.309. The molecule has 0 unspecified atom stereocenters. The summed E-state index contributed by atoms with van der Waals surface area (Å²) in [5, 5.41) is 7.90. The summed E-state index contributed by atoms with van der Waals surface area (Å²) in [7, 11) is 0. The lowest BCUT2D eigenvalue weighted by atomic mass is 10.3. The standard InChI is InChI=1S/C18H22Cl2N2O/c1-2-3-10-23-18-6-4-16(5-7-18)21-8-9-22-17-12-14(19)11-15(20)13-17/h4-7,11-13,21-22H,2-3,8-10H2,1H3. The van der Waals surface area contributed by atoms with Crippen LogP contribution in [-0.4, -0.2) is 19.7 Å². The lowest BCUT2D eigenvalue weighted by Gasteiger charge is -2.10. The third-order valence-corrected chi connectivity index (χ3v) is 3.70. The molecule has 0 atom stereocenters. The summed E-state index contributed by atoms with van der Waals surface area (Å²) in [5.74, 6) is 0.913. The van der Waals surface area contributed by atoms with Crippen molar-refractivity contribution in [2.24, 2.45) is 0 Å². The van der Waals surface area contributed by atoms with Crippen LogP contribution in [0.15, 0.2) is 42.5 Å². The number of nitrogens with one attached hydrogen (secondary N) is 2. The van der Waals surface area contributed by atoms with Crippen molar-refractivity contribution in [3.8, 4) is 5.75 Å². The van der Waals surface area contributed by atoms with Crippen molar-refractivity contribution < 1.29 is 4.74 Å². The summed E-state index contributed by atoms with van der Waals surface area (Å²) in [6.45, 7) is 4.49. The second-order valence-electron chi connectivity index (χ2n) is 5.24. The molecule has 0 spiro atoms. The van der Waals surface area contributed by atoms with Gasteiger partial charge in [-0.1, -0.05) is 36.5 Å². The molecule has 0 aliphatic heterocycles. The highest BCUT2D eigenvalue weighted by Crippen LogP contribution is 2.22. The molecule has 0 radical (unpaired) electrons. The number of ether oxygens (including phenoxy) is 1. The van der Waals surface area contributed by atoms with Gasteiger partial charge in [-0.3, -0.25) is 0 Å². The Kier molecular flexibility index (Phi) is 7.37. The van der Waals surface area contributed by atoms with E-state index < -0.39 is 0 Å². The van der Waals surface area contributed by atoms with Gasteiger partial charge in [-0.05, 0) is 48.9 Å². The number of anilines is 2. The zero-order chi connectivity index (χ0) is 16.5. The zero-order valence-corrected chi connectivity index (χ0v) is 14.8. The Hall–Kier alpha value is -1.58. The van der Waals surface area contributed by atoms with E-state index in [1.165, 1.54) is 0 Å². The molecule has 0 aliphatic rings. The van der Waals surface area contributed by atoms with Crippen molar-refractivity contribution in [2.75, 3.05) is 30.3 Å². The molecule has 0 aliphatic carbocycles. The van der Waals surface area contributed by atoms with Crippen LogP contribution in [-0.2, 0) is 0 Å². The molecule has 2 aromatic carbocycles. The van der Waals surface area contributed by atoms with Gasteiger partial charge < -0.3 is 15.4 Å². The molecule has 0 fully saturated rings. The predicted molar refractivity (Wildman–Crippen MR) is 100 cm³/mol. The van der Waals surface area contributed by atoms with Gasteiger partial charge in [-0.15, -0.1) is 0 Å². The Balaban J connectivity index is 1.71. The molecule has 2 N–H and O–H groups in total. The van der Waals surface area contributed by atoms with Gasteiger partial charge in [0.15, 0.2) is 0 Å². The SMILES string of the molecule is CCCCOc1ccc(NCCNc2cc(Cl)cc(Cl)c2)cc1. The molecule has 124 valence electrons. The summed E-state index contributed by atoms with van der Waals surface area (Å²) < 4.78 is 5.64. The molecule has 23 heavy (non-hydrogen) atoms. The fourth-order valence-corrected chi connectivity index (χ4v) is 2.60. The highest BCUT2D eigenvalue weighted by Gasteiger charge is 1.98. The number of unbranched alkanes of at least 4 members (excludes halogenated alkanes) is 1. The van der Waals surface area contributed by atoms with E-state index in [1.807, 2.05) is 36.4 Å². The molecular formula is C18H22Cl2N2O. The van der Waals surface area contributed by atoms with E-state index in [2.05, 4.69) is 17.6 Å². The molecule has 0 heterocycles. The summed E-state index contributed by atoms with van der Waals surface area (Å²) in [5.41, 5.74) is 1.99. The zero-order valence-electron chi connectivity index (χ0n) is 13.2.